The third kappa shape index (κ3) is 4.51. The average molecular weight is 224 g/mol. The highest BCUT2D eigenvalue weighted by Crippen LogP contribution is 2.14. The summed E-state index contributed by atoms with van der Waals surface area (Å²) in [5.74, 6) is 0. The normalized spacial score (nSPS) is 14.4. The molecule has 0 bridgehead atoms. The van der Waals surface area contributed by atoms with Gasteiger partial charge in [-0.25, -0.2) is 0 Å². The zero-order valence-electron chi connectivity index (χ0n) is 9.86. The summed E-state index contributed by atoms with van der Waals surface area (Å²) in [4.78, 5) is 0. The van der Waals surface area contributed by atoms with E-state index >= 15 is 0 Å². The molecule has 16 heavy (non-hydrogen) atoms. The highest BCUT2D eigenvalue weighted by Gasteiger charge is 2.19. The molecule has 4 N–H and O–H groups in total. The van der Waals surface area contributed by atoms with Gasteiger partial charge in [0.2, 0.25) is 0 Å². The molecule has 1 aromatic rings. The molecule has 4 heteroatoms. The summed E-state index contributed by atoms with van der Waals surface area (Å²) in [5.41, 5.74) is 6.50. The molecule has 0 spiro atoms. The Morgan fingerprint density at radius 3 is 2.56 bits per heavy atom. The van der Waals surface area contributed by atoms with Crippen LogP contribution < -0.4 is 11.1 Å². The van der Waals surface area contributed by atoms with Crippen LogP contribution in [-0.2, 0) is 4.74 Å². The second-order valence-electron chi connectivity index (χ2n) is 4.22. The van der Waals surface area contributed by atoms with E-state index in [9.17, 15) is 5.11 Å². The van der Waals surface area contributed by atoms with Crippen LogP contribution in [0.15, 0.2) is 24.3 Å². The van der Waals surface area contributed by atoms with E-state index in [1.807, 2.05) is 24.3 Å². The van der Waals surface area contributed by atoms with E-state index in [1.165, 1.54) is 0 Å². The molecule has 0 saturated carbocycles. The van der Waals surface area contributed by atoms with Gasteiger partial charge in [0.25, 0.3) is 0 Å². The lowest BCUT2D eigenvalue weighted by Gasteiger charge is -2.23. The Morgan fingerprint density at radius 2 is 2.00 bits per heavy atom. The number of hydrogen-bond donors (Lipinski definition) is 3. The minimum Gasteiger partial charge on any atom is -0.399 e. The summed E-state index contributed by atoms with van der Waals surface area (Å²) in [6.45, 7) is 2.83. The lowest BCUT2D eigenvalue weighted by Crippen LogP contribution is -2.34. The van der Waals surface area contributed by atoms with Crippen LogP contribution in [0.5, 0.6) is 0 Å². The van der Waals surface area contributed by atoms with E-state index in [1.54, 1.807) is 14.0 Å². The topological polar surface area (TPSA) is 67.5 Å². The maximum atomic E-state index is 9.99. The van der Waals surface area contributed by atoms with Gasteiger partial charge in [-0.15, -0.1) is 0 Å². The summed E-state index contributed by atoms with van der Waals surface area (Å²) in [5, 5.41) is 13.2. The zero-order valence-corrected chi connectivity index (χ0v) is 9.86. The predicted octanol–water partition coefficient (Wildman–Crippen LogP) is 1.47. The van der Waals surface area contributed by atoms with Gasteiger partial charge in [-0.1, -0.05) is 0 Å². The third-order valence-electron chi connectivity index (χ3n) is 2.43. The van der Waals surface area contributed by atoms with E-state index in [0.29, 0.717) is 19.6 Å². The Hall–Kier alpha value is -1.26. The van der Waals surface area contributed by atoms with Crippen molar-refractivity contribution < 1.29 is 9.84 Å². The van der Waals surface area contributed by atoms with Gasteiger partial charge < -0.3 is 20.9 Å². The van der Waals surface area contributed by atoms with Crippen molar-refractivity contribution in [2.45, 2.75) is 18.9 Å². The van der Waals surface area contributed by atoms with Crippen LogP contribution in [0.3, 0.4) is 0 Å². The van der Waals surface area contributed by atoms with Crippen LogP contribution in [0.4, 0.5) is 11.4 Å². The standard InChI is InChI=1S/C12H20N2O2/c1-12(15,7-8-16-2)9-14-11-5-3-10(13)4-6-11/h3-6,14-15H,7-9,13H2,1-2H3. The lowest BCUT2D eigenvalue weighted by molar-refractivity contribution is 0.0357. The number of benzene rings is 1. The monoisotopic (exact) mass is 224 g/mol. The number of nitrogens with two attached hydrogens (primary N) is 1. The average Bonchev–Trinajstić information content (AvgIpc) is 2.26. The molecule has 1 unspecified atom stereocenters. The molecule has 1 aromatic carbocycles. The quantitative estimate of drug-likeness (QED) is 0.640. The molecule has 0 fully saturated rings. The fourth-order valence-electron chi connectivity index (χ4n) is 1.30. The van der Waals surface area contributed by atoms with Crippen molar-refractivity contribution in [2.24, 2.45) is 0 Å². The van der Waals surface area contributed by atoms with E-state index in [2.05, 4.69) is 5.32 Å². The third-order valence-corrected chi connectivity index (χ3v) is 2.43. The van der Waals surface area contributed by atoms with Crippen LogP contribution in [0, 0.1) is 0 Å². The first kappa shape index (κ1) is 12.8. The minimum atomic E-state index is -0.766. The molecular weight excluding hydrogens is 204 g/mol. The maximum Gasteiger partial charge on any atom is 0.0813 e. The van der Waals surface area contributed by atoms with Gasteiger partial charge in [0, 0.05) is 38.1 Å². The lowest BCUT2D eigenvalue weighted by atomic mass is 10.0. The second kappa shape index (κ2) is 5.72. The largest absolute Gasteiger partial charge is 0.399 e. The molecule has 0 aliphatic rings. The first-order valence-corrected chi connectivity index (χ1v) is 5.34. The fraction of sp³-hybridized carbons (Fsp3) is 0.500. The van der Waals surface area contributed by atoms with Crippen LogP contribution in [0.25, 0.3) is 0 Å². The predicted molar refractivity (Wildman–Crippen MR) is 66.5 cm³/mol. The number of ether oxygens (including phenoxy) is 1. The van der Waals surface area contributed by atoms with Crippen molar-refractivity contribution in [1.82, 2.24) is 0 Å². The van der Waals surface area contributed by atoms with Gasteiger partial charge in [0.1, 0.15) is 0 Å². The molecule has 4 nitrogen and oxygen atoms in total. The fourth-order valence-corrected chi connectivity index (χ4v) is 1.30. The van der Waals surface area contributed by atoms with Gasteiger partial charge >= 0.3 is 0 Å². The van der Waals surface area contributed by atoms with Crippen LogP contribution in [-0.4, -0.2) is 31.0 Å². The van der Waals surface area contributed by atoms with Crippen molar-refractivity contribution in [3.8, 4) is 0 Å². The number of nitrogen functional groups attached to an aromatic ring is 1. The number of aliphatic hydroxyl groups is 1. The van der Waals surface area contributed by atoms with Gasteiger partial charge in [-0.2, -0.15) is 0 Å². The second-order valence-corrected chi connectivity index (χ2v) is 4.22. The Bertz CT molecular complexity index is 309. The SMILES string of the molecule is COCCC(C)(O)CNc1ccc(N)cc1. The summed E-state index contributed by atoms with van der Waals surface area (Å²) in [6.07, 6.45) is 0.603. The van der Waals surface area contributed by atoms with Crippen LogP contribution in [0.2, 0.25) is 0 Å². The van der Waals surface area contributed by atoms with Crippen molar-refractivity contribution in [2.75, 3.05) is 31.3 Å². The van der Waals surface area contributed by atoms with Crippen molar-refractivity contribution in [3.63, 3.8) is 0 Å². The van der Waals surface area contributed by atoms with Gasteiger partial charge in [-0.3, -0.25) is 0 Å². The zero-order chi connectivity index (χ0) is 12.0. The Kier molecular flexibility index (Phi) is 4.58. The van der Waals surface area contributed by atoms with E-state index in [-0.39, 0.29) is 0 Å². The summed E-state index contributed by atoms with van der Waals surface area (Å²) < 4.78 is 4.94. The van der Waals surface area contributed by atoms with Crippen molar-refractivity contribution in [3.05, 3.63) is 24.3 Å². The Balaban J connectivity index is 2.41. The van der Waals surface area contributed by atoms with Crippen molar-refractivity contribution in [1.29, 1.82) is 0 Å². The highest BCUT2D eigenvalue weighted by atomic mass is 16.5. The number of anilines is 2. The molecule has 0 aliphatic carbocycles. The maximum absolute atomic E-state index is 9.99. The van der Waals surface area contributed by atoms with Crippen molar-refractivity contribution >= 4 is 11.4 Å². The molecule has 90 valence electrons. The molecule has 0 radical (unpaired) electrons. The Labute approximate surface area is 96.4 Å². The first-order chi connectivity index (χ1) is 7.53. The molecule has 0 aromatic heterocycles. The molecule has 0 aliphatic heterocycles. The van der Waals surface area contributed by atoms with Crippen LogP contribution in [0.1, 0.15) is 13.3 Å². The number of rotatable bonds is 6. The smallest absolute Gasteiger partial charge is 0.0813 e. The number of nitrogens with one attached hydrogen (secondary N) is 1. The molecule has 0 amide bonds. The number of methoxy groups -OCH3 is 1. The molecule has 1 rings (SSSR count). The Morgan fingerprint density at radius 1 is 1.38 bits per heavy atom. The van der Waals surface area contributed by atoms with Gasteiger partial charge in [0.05, 0.1) is 5.60 Å². The molecule has 0 heterocycles. The molecule has 1 atom stereocenters. The summed E-state index contributed by atoms with van der Waals surface area (Å²) in [7, 11) is 1.63. The minimum absolute atomic E-state index is 0.486. The van der Waals surface area contributed by atoms with E-state index < -0.39 is 5.60 Å². The van der Waals surface area contributed by atoms with E-state index in [4.69, 9.17) is 10.5 Å². The molecule has 0 saturated heterocycles. The number of hydrogen-bond acceptors (Lipinski definition) is 4. The van der Waals surface area contributed by atoms with E-state index in [0.717, 1.165) is 11.4 Å². The van der Waals surface area contributed by atoms with Crippen LogP contribution >= 0.6 is 0 Å². The highest BCUT2D eigenvalue weighted by molar-refractivity contribution is 5.51. The summed E-state index contributed by atoms with van der Waals surface area (Å²) in [6, 6.07) is 7.43. The van der Waals surface area contributed by atoms with Gasteiger partial charge in [-0.05, 0) is 31.2 Å². The first-order valence-electron chi connectivity index (χ1n) is 5.34. The van der Waals surface area contributed by atoms with Gasteiger partial charge in [0.15, 0.2) is 0 Å². The molecular formula is C12H20N2O2. The summed E-state index contributed by atoms with van der Waals surface area (Å²) >= 11 is 0.